The van der Waals surface area contributed by atoms with Crippen molar-refractivity contribution in [3.63, 3.8) is 0 Å². The van der Waals surface area contributed by atoms with Gasteiger partial charge in [-0.3, -0.25) is 4.99 Å². The van der Waals surface area contributed by atoms with Gasteiger partial charge in [0.1, 0.15) is 6.26 Å². The maximum atomic E-state index is 5.06. The molecule has 0 aliphatic carbocycles. The summed E-state index contributed by atoms with van der Waals surface area (Å²) in [7, 11) is 0. The lowest BCUT2D eigenvalue weighted by molar-refractivity contribution is 0.334. The van der Waals surface area contributed by atoms with E-state index in [1.165, 1.54) is 0 Å². The molecule has 0 saturated carbocycles. The van der Waals surface area contributed by atoms with Crippen LogP contribution in [0.5, 0.6) is 0 Å². The monoisotopic (exact) mass is 121 g/mol. The van der Waals surface area contributed by atoms with E-state index in [2.05, 4.69) is 10.3 Å². The third-order valence-corrected chi connectivity index (χ3v) is 1.16. The molecule has 0 atom stereocenters. The number of nitrogens with zero attached hydrogens (tertiary/aromatic N) is 1. The SMILES string of the molecule is C1=COC2=CN=C[C]2N1. The molecule has 0 fully saturated rings. The summed E-state index contributed by atoms with van der Waals surface area (Å²) in [4.78, 5) is 3.88. The molecule has 1 N–H and O–H groups in total. The second kappa shape index (κ2) is 1.62. The Morgan fingerprint density at radius 2 is 2.56 bits per heavy atom. The zero-order valence-electron chi connectivity index (χ0n) is 4.66. The van der Waals surface area contributed by atoms with Gasteiger partial charge in [-0.25, -0.2) is 0 Å². The average molecular weight is 121 g/mol. The molecule has 3 heteroatoms. The highest BCUT2D eigenvalue weighted by Crippen LogP contribution is 2.18. The van der Waals surface area contributed by atoms with Crippen molar-refractivity contribution in [3.8, 4) is 0 Å². The fraction of sp³-hybridized carbons (Fsp3) is 0. The molecule has 2 aliphatic rings. The average Bonchev–Trinajstić information content (AvgIpc) is 2.33. The van der Waals surface area contributed by atoms with Crippen LogP contribution in [-0.4, -0.2) is 6.21 Å². The number of hydrogen-bond acceptors (Lipinski definition) is 3. The van der Waals surface area contributed by atoms with Crippen molar-refractivity contribution in [2.75, 3.05) is 0 Å². The summed E-state index contributed by atoms with van der Waals surface area (Å²) in [5.74, 6) is 0.789. The highest BCUT2D eigenvalue weighted by atomic mass is 16.5. The molecule has 9 heavy (non-hydrogen) atoms. The number of ether oxygens (including phenoxy) is 1. The lowest BCUT2D eigenvalue weighted by Gasteiger charge is -2.13. The molecule has 1 radical (unpaired) electrons. The van der Waals surface area contributed by atoms with Crippen molar-refractivity contribution in [3.05, 3.63) is 30.5 Å². The molecule has 2 heterocycles. The molecule has 45 valence electrons. The minimum Gasteiger partial charge on any atom is -0.463 e. The Morgan fingerprint density at radius 1 is 1.56 bits per heavy atom. The van der Waals surface area contributed by atoms with E-state index in [1.54, 1.807) is 24.9 Å². The van der Waals surface area contributed by atoms with E-state index in [0.29, 0.717) is 0 Å². The van der Waals surface area contributed by atoms with Gasteiger partial charge < -0.3 is 10.1 Å². The molecule has 0 aromatic heterocycles. The molecule has 0 spiro atoms. The number of fused-ring (bicyclic) bond motifs is 1. The van der Waals surface area contributed by atoms with E-state index >= 15 is 0 Å². The summed E-state index contributed by atoms with van der Waals surface area (Å²) in [5.41, 5.74) is 0. The number of rotatable bonds is 0. The van der Waals surface area contributed by atoms with Gasteiger partial charge in [-0.05, 0) is 0 Å². The van der Waals surface area contributed by atoms with E-state index in [1.807, 2.05) is 0 Å². The normalized spacial score (nSPS) is 22.4. The minimum atomic E-state index is 0.789. The Hall–Kier alpha value is -1.25. The van der Waals surface area contributed by atoms with Gasteiger partial charge >= 0.3 is 0 Å². The van der Waals surface area contributed by atoms with E-state index < -0.39 is 0 Å². The van der Waals surface area contributed by atoms with Crippen molar-refractivity contribution in [1.82, 2.24) is 5.32 Å². The van der Waals surface area contributed by atoms with Crippen LogP contribution < -0.4 is 5.32 Å². The van der Waals surface area contributed by atoms with Gasteiger partial charge in [0, 0.05) is 12.4 Å². The van der Waals surface area contributed by atoms with E-state index in [0.717, 1.165) is 11.8 Å². The quantitative estimate of drug-likeness (QED) is 0.507. The topological polar surface area (TPSA) is 33.6 Å². The van der Waals surface area contributed by atoms with E-state index in [9.17, 15) is 0 Å². The van der Waals surface area contributed by atoms with E-state index in [4.69, 9.17) is 4.74 Å². The largest absolute Gasteiger partial charge is 0.463 e. The molecular weight excluding hydrogens is 116 g/mol. The molecule has 0 aromatic rings. The summed E-state index contributed by atoms with van der Waals surface area (Å²) in [5, 5.41) is 2.97. The molecule has 0 unspecified atom stereocenters. The number of hydrogen-bond donors (Lipinski definition) is 1. The van der Waals surface area contributed by atoms with Crippen LogP contribution in [0.15, 0.2) is 29.4 Å². The highest BCUT2D eigenvalue weighted by molar-refractivity contribution is 5.82. The van der Waals surface area contributed by atoms with Crippen LogP contribution in [0.2, 0.25) is 0 Å². The smallest absolute Gasteiger partial charge is 0.168 e. The number of aliphatic imine (C=N–C) groups is 1. The maximum absolute atomic E-state index is 5.06. The highest BCUT2D eigenvalue weighted by Gasteiger charge is 2.18. The van der Waals surface area contributed by atoms with Crippen molar-refractivity contribution in [2.24, 2.45) is 4.99 Å². The van der Waals surface area contributed by atoms with Crippen LogP contribution in [0.4, 0.5) is 0 Å². The molecule has 2 rings (SSSR count). The summed E-state index contributed by atoms with van der Waals surface area (Å²) >= 11 is 0. The summed E-state index contributed by atoms with van der Waals surface area (Å²) < 4.78 is 5.06. The van der Waals surface area contributed by atoms with Gasteiger partial charge in [-0.2, -0.15) is 0 Å². The lowest BCUT2D eigenvalue weighted by atomic mass is 10.3. The standard InChI is InChI=1S/C6H5N2O/c1-2-9-6-4-7-3-5(6)8-1/h1-4,8H. The van der Waals surface area contributed by atoms with Crippen LogP contribution in [0, 0.1) is 6.04 Å². The predicted molar refractivity (Wildman–Crippen MR) is 33.2 cm³/mol. The van der Waals surface area contributed by atoms with Gasteiger partial charge in [0.2, 0.25) is 0 Å². The van der Waals surface area contributed by atoms with Gasteiger partial charge in [-0.15, -0.1) is 0 Å². The Bertz CT molecular complexity index is 205. The van der Waals surface area contributed by atoms with Crippen molar-refractivity contribution in [2.45, 2.75) is 0 Å². The second-order valence-electron chi connectivity index (χ2n) is 1.75. The number of nitrogens with one attached hydrogen (secondary N) is 1. The first kappa shape index (κ1) is 4.61. The van der Waals surface area contributed by atoms with Crippen molar-refractivity contribution in [1.29, 1.82) is 0 Å². The zero-order chi connectivity index (χ0) is 6.10. The molecule has 3 nitrogen and oxygen atoms in total. The van der Waals surface area contributed by atoms with Crippen molar-refractivity contribution < 1.29 is 4.74 Å². The molecular formula is C6H5N2O. The predicted octanol–water partition coefficient (Wildman–Crippen LogP) is 0.535. The Labute approximate surface area is 52.7 Å². The van der Waals surface area contributed by atoms with E-state index in [-0.39, 0.29) is 0 Å². The van der Waals surface area contributed by atoms with Gasteiger partial charge in [0.05, 0.1) is 6.20 Å². The summed E-state index contributed by atoms with van der Waals surface area (Å²) in [6.45, 7) is 0. The molecule has 0 saturated heterocycles. The summed E-state index contributed by atoms with van der Waals surface area (Å²) in [6.07, 6.45) is 6.71. The fourth-order valence-corrected chi connectivity index (χ4v) is 0.746. The third-order valence-electron chi connectivity index (χ3n) is 1.16. The van der Waals surface area contributed by atoms with Crippen LogP contribution in [0.1, 0.15) is 0 Å². The minimum absolute atomic E-state index is 0.789. The first-order valence-corrected chi connectivity index (χ1v) is 2.66. The summed E-state index contributed by atoms with van der Waals surface area (Å²) in [6, 6.07) is 0.928. The lowest BCUT2D eigenvalue weighted by Crippen LogP contribution is -2.20. The molecule has 0 aromatic carbocycles. The zero-order valence-corrected chi connectivity index (χ0v) is 4.66. The van der Waals surface area contributed by atoms with Crippen LogP contribution >= 0.6 is 0 Å². The Kier molecular flexibility index (Phi) is 0.828. The van der Waals surface area contributed by atoms with Gasteiger partial charge in [0.25, 0.3) is 0 Å². The fourth-order valence-electron chi connectivity index (χ4n) is 0.746. The molecule has 0 bridgehead atoms. The Balaban J connectivity index is 2.27. The molecule has 2 aliphatic heterocycles. The third kappa shape index (κ3) is 0.614. The van der Waals surface area contributed by atoms with Gasteiger partial charge in [-0.1, -0.05) is 0 Å². The van der Waals surface area contributed by atoms with Gasteiger partial charge in [0.15, 0.2) is 11.8 Å². The molecule has 0 amide bonds. The maximum Gasteiger partial charge on any atom is 0.168 e. The first-order chi connectivity index (χ1) is 4.47. The Morgan fingerprint density at radius 3 is 3.44 bits per heavy atom. The first-order valence-electron chi connectivity index (χ1n) is 2.66. The van der Waals surface area contributed by atoms with Crippen LogP contribution in [-0.2, 0) is 4.74 Å². The second-order valence-corrected chi connectivity index (χ2v) is 1.75. The van der Waals surface area contributed by atoms with Crippen molar-refractivity contribution >= 4 is 6.21 Å². The van der Waals surface area contributed by atoms with Crippen LogP contribution in [0.3, 0.4) is 0 Å². The van der Waals surface area contributed by atoms with Crippen LogP contribution in [0.25, 0.3) is 0 Å².